The molecule has 0 radical (unpaired) electrons. The van der Waals surface area contributed by atoms with Crippen molar-refractivity contribution in [1.82, 2.24) is 15.5 Å². The van der Waals surface area contributed by atoms with E-state index in [2.05, 4.69) is 15.5 Å². The SMILES string of the molecule is CC(=O)NCCCCCC(=O)NCc1ccc([C@H]2O[C@@H](CN3CCCCC3)C[C@@H](c3ccc(CO)cc3)O2)cc1. The number of nitrogens with one attached hydrogen (secondary N) is 2. The maximum absolute atomic E-state index is 12.2. The predicted octanol–water partition coefficient (Wildman–Crippen LogP) is 4.52. The van der Waals surface area contributed by atoms with E-state index in [-0.39, 0.29) is 30.6 Å². The summed E-state index contributed by atoms with van der Waals surface area (Å²) >= 11 is 0. The zero-order valence-electron chi connectivity index (χ0n) is 23.8. The van der Waals surface area contributed by atoms with Crippen molar-refractivity contribution in [3.05, 3.63) is 70.8 Å². The Hall–Kier alpha value is -2.78. The molecule has 8 heteroatoms. The molecule has 0 unspecified atom stereocenters. The largest absolute Gasteiger partial charge is 0.392 e. The van der Waals surface area contributed by atoms with Crippen molar-refractivity contribution in [2.45, 2.75) is 89.9 Å². The maximum atomic E-state index is 12.2. The first-order valence-corrected chi connectivity index (χ1v) is 14.8. The normalized spacial score (nSPS) is 21.6. The Bertz CT molecular complexity index is 1050. The Morgan fingerprint density at radius 3 is 2.27 bits per heavy atom. The summed E-state index contributed by atoms with van der Waals surface area (Å²) in [6, 6.07) is 16.1. The molecular weight excluding hydrogens is 506 g/mol. The molecule has 0 aromatic heterocycles. The number of aliphatic hydroxyl groups excluding tert-OH is 1. The zero-order chi connectivity index (χ0) is 28.2. The first-order chi connectivity index (χ1) is 19.5. The third-order valence-corrected chi connectivity index (χ3v) is 7.72. The van der Waals surface area contributed by atoms with Crippen molar-refractivity contribution in [2.24, 2.45) is 0 Å². The van der Waals surface area contributed by atoms with Gasteiger partial charge in [0.15, 0.2) is 6.29 Å². The van der Waals surface area contributed by atoms with Gasteiger partial charge in [0, 0.05) is 45.0 Å². The molecule has 2 heterocycles. The topological polar surface area (TPSA) is 100 Å². The van der Waals surface area contributed by atoms with Gasteiger partial charge >= 0.3 is 0 Å². The number of benzene rings is 2. The van der Waals surface area contributed by atoms with Crippen molar-refractivity contribution in [1.29, 1.82) is 0 Å². The highest BCUT2D eigenvalue weighted by molar-refractivity contribution is 5.75. The second-order valence-corrected chi connectivity index (χ2v) is 11.0. The van der Waals surface area contributed by atoms with Gasteiger partial charge in [-0.05, 0) is 55.5 Å². The summed E-state index contributed by atoms with van der Waals surface area (Å²) in [5.74, 6) is 0.0224. The number of amides is 2. The molecular formula is C32H45N3O5. The number of nitrogens with zero attached hydrogens (tertiary/aromatic N) is 1. The van der Waals surface area contributed by atoms with Gasteiger partial charge in [-0.25, -0.2) is 0 Å². The van der Waals surface area contributed by atoms with Crippen LogP contribution in [0.2, 0.25) is 0 Å². The molecule has 2 aromatic rings. The van der Waals surface area contributed by atoms with E-state index in [0.29, 0.717) is 19.5 Å². The lowest BCUT2D eigenvalue weighted by Gasteiger charge is -2.39. The van der Waals surface area contributed by atoms with Crippen LogP contribution in [0.3, 0.4) is 0 Å². The van der Waals surface area contributed by atoms with Crippen molar-refractivity contribution in [3.63, 3.8) is 0 Å². The number of aliphatic hydroxyl groups is 1. The number of ether oxygens (including phenoxy) is 2. The fourth-order valence-electron chi connectivity index (χ4n) is 5.40. The van der Waals surface area contributed by atoms with E-state index in [1.54, 1.807) is 0 Å². The molecule has 2 aliphatic heterocycles. The van der Waals surface area contributed by atoms with Crippen molar-refractivity contribution in [3.8, 4) is 0 Å². The van der Waals surface area contributed by atoms with Crippen LogP contribution < -0.4 is 10.6 Å². The Balaban J connectivity index is 1.31. The molecule has 4 rings (SSSR count). The number of hydrogen-bond acceptors (Lipinski definition) is 6. The molecule has 3 N–H and O–H groups in total. The highest BCUT2D eigenvalue weighted by atomic mass is 16.7. The molecule has 2 saturated heterocycles. The maximum Gasteiger partial charge on any atom is 0.220 e. The Morgan fingerprint density at radius 2 is 1.57 bits per heavy atom. The van der Waals surface area contributed by atoms with Crippen LogP contribution in [0.4, 0.5) is 0 Å². The Kier molecular flexibility index (Phi) is 12.0. The summed E-state index contributed by atoms with van der Waals surface area (Å²) < 4.78 is 13.0. The van der Waals surface area contributed by atoms with Crippen molar-refractivity contribution < 1.29 is 24.2 Å². The van der Waals surface area contributed by atoms with Crippen LogP contribution in [0.25, 0.3) is 0 Å². The quantitative estimate of drug-likeness (QED) is 0.317. The van der Waals surface area contributed by atoms with Gasteiger partial charge in [-0.3, -0.25) is 9.59 Å². The minimum absolute atomic E-state index is 0.0176. The molecule has 2 fully saturated rings. The third kappa shape index (κ3) is 9.70. The first kappa shape index (κ1) is 30.2. The van der Waals surface area contributed by atoms with Crippen LogP contribution >= 0.6 is 0 Å². The fraction of sp³-hybridized carbons (Fsp3) is 0.562. The van der Waals surface area contributed by atoms with Crippen LogP contribution in [0.1, 0.15) is 92.9 Å². The second kappa shape index (κ2) is 15.9. The minimum Gasteiger partial charge on any atom is -0.392 e. The molecule has 3 atom stereocenters. The van der Waals surface area contributed by atoms with E-state index < -0.39 is 6.29 Å². The lowest BCUT2D eigenvalue weighted by molar-refractivity contribution is -0.253. The van der Waals surface area contributed by atoms with Crippen molar-refractivity contribution in [2.75, 3.05) is 26.2 Å². The molecule has 0 aliphatic carbocycles. The van der Waals surface area contributed by atoms with Gasteiger partial charge in [0.2, 0.25) is 11.8 Å². The Morgan fingerprint density at radius 1 is 0.875 bits per heavy atom. The van der Waals surface area contributed by atoms with Crippen molar-refractivity contribution >= 4 is 11.8 Å². The van der Waals surface area contributed by atoms with Crippen LogP contribution in [0.5, 0.6) is 0 Å². The number of likely N-dealkylation sites (tertiary alicyclic amines) is 1. The lowest BCUT2D eigenvalue weighted by atomic mass is 9.99. The van der Waals surface area contributed by atoms with Crippen LogP contribution in [0.15, 0.2) is 48.5 Å². The van der Waals surface area contributed by atoms with E-state index >= 15 is 0 Å². The average molecular weight is 552 g/mol. The molecule has 2 amide bonds. The molecule has 2 aliphatic rings. The molecule has 0 spiro atoms. The van der Waals surface area contributed by atoms with E-state index in [0.717, 1.165) is 67.6 Å². The summed E-state index contributed by atoms with van der Waals surface area (Å²) in [5, 5.41) is 15.2. The highest BCUT2D eigenvalue weighted by Gasteiger charge is 2.33. The molecule has 2 aromatic carbocycles. The van der Waals surface area contributed by atoms with E-state index in [1.165, 1.54) is 26.2 Å². The van der Waals surface area contributed by atoms with Gasteiger partial charge in [0.05, 0.1) is 18.8 Å². The summed E-state index contributed by atoms with van der Waals surface area (Å²) in [7, 11) is 0. The third-order valence-electron chi connectivity index (χ3n) is 7.72. The summed E-state index contributed by atoms with van der Waals surface area (Å²) in [6.07, 6.45) is 7.20. The highest BCUT2D eigenvalue weighted by Crippen LogP contribution is 2.38. The number of piperidine rings is 1. The molecule has 40 heavy (non-hydrogen) atoms. The second-order valence-electron chi connectivity index (χ2n) is 11.0. The minimum atomic E-state index is -0.466. The summed E-state index contributed by atoms with van der Waals surface area (Å²) in [4.78, 5) is 25.7. The van der Waals surface area contributed by atoms with Gasteiger partial charge in [-0.1, -0.05) is 61.4 Å². The van der Waals surface area contributed by atoms with Gasteiger partial charge in [-0.2, -0.15) is 0 Å². The van der Waals surface area contributed by atoms with Crippen LogP contribution in [0, 0.1) is 0 Å². The number of rotatable bonds is 13. The first-order valence-electron chi connectivity index (χ1n) is 14.8. The summed E-state index contributed by atoms with van der Waals surface area (Å²) in [6.45, 7) is 5.84. The van der Waals surface area contributed by atoms with E-state index in [1.807, 2.05) is 48.5 Å². The standard InChI is InChI=1S/C32H45N3O5/c1-24(37)33-17-5-2-4-8-31(38)34-21-25-9-15-28(16-10-25)32-39-29(22-35-18-6-3-7-19-35)20-30(40-32)27-13-11-26(23-36)12-14-27/h9-16,29-30,32,36H,2-8,17-23H2,1H3,(H,33,37)(H,34,38)/t29-,30+,32+/m1/s1. The number of carbonyl (C=O) groups excluding carboxylic acids is 2. The zero-order valence-corrected chi connectivity index (χ0v) is 23.8. The van der Waals surface area contributed by atoms with E-state index in [9.17, 15) is 14.7 Å². The number of unbranched alkanes of at least 4 members (excludes halogenated alkanes) is 2. The van der Waals surface area contributed by atoms with Gasteiger partial charge in [0.1, 0.15) is 0 Å². The predicted molar refractivity (Wildman–Crippen MR) is 154 cm³/mol. The fourth-order valence-corrected chi connectivity index (χ4v) is 5.40. The van der Waals surface area contributed by atoms with Gasteiger partial charge in [-0.15, -0.1) is 0 Å². The summed E-state index contributed by atoms with van der Waals surface area (Å²) in [5.41, 5.74) is 3.99. The van der Waals surface area contributed by atoms with E-state index in [4.69, 9.17) is 9.47 Å². The monoisotopic (exact) mass is 551 g/mol. The van der Waals surface area contributed by atoms with Crippen LogP contribution in [-0.4, -0.2) is 54.1 Å². The molecule has 0 bridgehead atoms. The molecule has 0 saturated carbocycles. The van der Waals surface area contributed by atoms with Gasteiger partial charge < -0.3 is 30.1 Å². The molecule has 218 valence electrons. The smallest absolute Gasteiger partial charge is 0.220 e. The van der Waals surface area contributed by atoms with Crippen LogP contribution in [-0.2, 0) is 32.2 Å². The number of carbonyl (C=O) groups is 2. The number of hydrogen-bond donors (Lipinski definition) is 3. The molecule has 8 nitrogen and oxygen atoms in total. The Labute approximate surface area is 238 Å². The average Bonchev–Trinajstić information content (AvgIpc) is 2.98. The lowest BCUT2D eigenvalue weighted by Crippen LogP contribution is -2.41. The van der Waals surface area contributed by atoms with Gasteiger partial charge in [0.25, 0.3) is 0 Å².